The molecule has 0 aromatic heterocycles. The van der Waals surface area contributed by atoms with Crippen molar-refractivity contribution in [1.29, 1.82) is 0 Å². The molecule has 2 nitrogen and oxygen atoms in total. The third-order valence-electron chi connectivity index (χ3n) is 2.85. The van der Waals surface area contributed by atoms with E-state index >= 15 is 0 Å². The van der Waals surface area contributed by atoms with E-state index in [1.807, 2.05) is 6.92 Å². The third-order valence-corrected chi connectivity index (χ3v) is 4.69. The molecule has 2 aromatic carbocycles. The lowest BCUT2D eigenvalue weighted by Gasteiger charge is -2.08. The number of halogens is 2. The number of hydrogen-bond acceptors (Lipinski definition) is 2. The number of anilines is 1. The fraction of sp³-hybridized carbons (Fsp3) is 0.143. The van der Waals surface area contributed by atoms with Gasteiger partial charge in [-0.25, -0.2) is 4.39 Å². The molecular formula is C14H13ClFNOS. The maximum absolute atomic E-state index is 13.3. The molecule has 0 aliphatic heterocycles. The second-order valence-electron chi connectivity index (χ2n) is 4.21. The summed E-state index contributed by atoms with van der Waals surface area (Å²) < 4.78 is 25.6. The van der Waals surface area contributed by atoms with Crippen molar-refractivity contribution in [3.05, 3.63) is 58.4 Å². The largest absolute Gasteiger partial charge is 0.398 e. The van der Waals surface area contributed by atoms with E-state index < -0.39 is 16.6 Å². The Morgan fingerprint density at radius 3 is 2.74 bits per heavy atom. The van der Waals surface area contributed by atoms with Gasteiger partial charge >= 0.3 is 0 Å². The van der Waals surface area contributed by atoms with Crippen molar-refractivity contribution in [2.75, 3.05) is 5.73 Å². The number of nitrogen functional groups attached to an aromatic ring is 1. The molecule has 0 radical (unpaired) electrons. The molecule has 5 heteroatoms. The molecule has 100 valence electrons. The van der Waals surface area contributed by atoms with Gasteiger partial charge in [-0.15, -0.1) is 0 Å². The molecule has 2 aromatic rings. The van der Waals surface area contributed by atoms with Crippen LogP contribution in [0.3, 0.4) is 0 Å². The van der Waals surface area contributed by atoms with Gasteiger partial charge in [0.2, 0.25) is 0 Å². The molecular weight excluding hydrogens is 285 g/mol. The van der Waals surface area contributed by atoms with Gasteiger partial charge in [0, 0.05) is 10.6 Å². The second-order valence-corrected chi connectivity index (χ2v) is 6.04. The Morgan fingerprint density at radius 1 is 1.32 bits per heavy atom. The van der Waals surface area contributed by atoms with Gasteiger partial charge in [0.25, 0.3) is 0 Å². The zero-order valence-corrected chi connectivity index (χ0v) is 11.9. The van der Waals surface area contributed by atoms with E-state index in [1.54, 1.807) is 24.3 Å². The zero-order valence-electron chi connectivity index (χ0n) is 10.3. The predicted octanol–water partition coefficient (Wildman–Crippen LogP) is 3.68. The Balaban J connectivity index is 2.26. The Labute approximate surface area is 118 Å². The molecule has 2 N–H and O–H groups in total. The maximum atomic E-state index is 13.3. The highest BCUT2D eigenvalue weighted by Gasteiger charge is 2.11. The van der Waals surface area contributed by atoms with Crippen LogP contribution in [0.5, 0.6) is 0 Å². The number of benzene rings is 2. The summed E-state index contributed by atoms with van der Waals surface area (Å²) in [5.41, 5.74) is 7.83. The number of nitrogens with two attached hydrogens (primary N) is 1. The van der Waals surface area contributed by atoms with Crippen LogP contribution in [0, 0.1) is 12.7 Å². The highest BCUT2D eigenvalue weighted by molar-refractivity contribution is 7.84. The molecule has 0 heterocycles. The molecule has 19 heavy (non-hydrogen) atoms. The third kappa shape index (κ3) is 3.14. The van der Waals surface area contributed by atoms with E-state index in [4.69, 9.17) is 17.3 Å². The van der Waals surface area contributed by atoms with Crippen LogP contribution in [0.4, 0.5) is 10.1 Å². The van der Waals surface area contributed by atoms with Crippen LogP contribution in [0.25, 0.3) is 0 Å². The van der Waals surface area contributed by atoms with Gasteiger partial charge in [0.05, 0.1) is 21.6 Å². The minimum atomic E-state index is -1.26. The van der Waals surface area contributed by atoms with Crippen molar-refractivity contribution in [1.82, 2.24) is 0 Å². The average molecular weight is 298 g/mol. The van der Waals surface area contributed by atoms with Gasteiger partial charge in [0.1, 0.15) is 5.82 Å². The fourth-order valence-corrected chi connectivity index (χ4v) is 3.18. The van der Waals surface area contributed by atoms with Crippen LogP contribution < -0.4 is 5.73 Å². The van der Waals surface area contributed by atoms with Crippen LogP contribution >= 0.6 is 11.6 Å². The molecule has 0 bridgehead atoms. The molecule has 1 atom stereocenters. The summed E-state index contributed by atoms with van der Waals surface area (Å²) in [6.45, 7) is 1.82. The molecule has 0 aliphatic carbocycles. The molecule has 0 aliphatic rings. The van der Waals surface area contributed by atoms with Crippen molar-refractivity contribution in [2.24, 2.45) is 0 Å². The van der Waals surface area contributed by atoms with Crippen LogP contribution in [0.15, 0.2) is 41.3 Å². The van der Waals surface area contributed by atoms with Crippen molar-refractivity contribution < 1.29 is 8.60 Å². The van der Waals surface area contributed by atoms with Crippen LogP contribution in [-0.2, 0) is 16.6 Å². The summed E-state index contributed by atoms with van der Waals surface area (Å²) in [6.07, 6.45) is 0. The van der Waals surface area contributed by atoms with Crippen molar-refractivity contribution >= 4 is 28.1 Å². The predicted molar refractivity (Wildman–Crippen MR) is 77.1 cm³/mol. The van der Waals surface area contributed by atoms with Gasteiger partial charge in [0.15, 0.2) is 0 Å². The lowest BCUT2D eigenvalue weighted by molar-refractivity contribution is 0.626. The van der Waals surface area contributed by atoms with Gasteiger partial charge in [-0.05, 0) is 42.3 Å². The SMILES string of the molecule is Cc1c(N)cccc1S(=O)Cc1ccc(Cl)c(F)c1. The minimum absolute atomic E-state index is 0.0645. The van der Waals surface area contributed by atoms with E-state index in [0.717, 1.165) is 5.56 Å². The zero-order chi connectivity index (χ0) is 14.0. The Kier molecular flexibility index (Phi) is 4.22. The van der Waals surface area contributed by atoms with Crippen LogP contribution in [0.2, 0.25) is 5.02 Å². The normalized spacial score (nSPS) is 12.4. The Hall–Kier alpha value is -1.39. The molecule has 2 rings (SSSR count). The number of rotatable bonds is 3. The quantitative estimate of drug-likeness (QED) is 0.878. The minimum Gasteiger partial charge on any atom is -0.398 e. The summed E-state index contributed by atoms with van der Waals surface area (Å²) in [6, 6.07) is 9.74. The first-order valence-corrected chi connectivity index (χ1v) is 7.36. The maximum Gasteiger partial charge on any atom is 0.142 e. The standard InChI is InChI=1S/C14H13ClFNOS/c1-9-13(17)3-2-4-14(9)19(18)8-10-5-6-11(15)12(16)7-10/h2-7H,8,17H2,1H3. The van der Waals surface area contributed by atoms with E-state index in [1.165, 1.54) is 12.1 Å². The highest BCUT2D eigenvalue weighted by Crippen LogP contribution is 2.22. The summed E-state index contributed by atoms with van der Waals surface area (Å²) in [5, 5.41) is 0.0645. The molecule has 1 unspecified atom stereocenters. The monoisotopic (exact) mass is 297 g/mol. The van der Waals surface area contributed by atoms with Crippen LogP contribution in [0.1, 0.15) is 11.1 Å². The van der Waals surface area contributed by atoms with E-state index in [0.29, 0.717) is 16.1 Å². The molecule has 0 saturated heterocycles. The van der Waals surface area contributed by atoms with Crippen molar-refractivity contribution in [3.8, 4) is 0 Å². The lowest BCUT2D eigenvalue weighted by Crippen LogP contribution is -2.01. The van der Waals surface area contributed by atoms with Crippen molar-refractivity contribution in [2.45, 2.75) is 17.6 Å². The van der Waals surface area contributed by atoms with Gasteiger partial charge < -0.3 is 5.73 Å². The van der Waals surface area contributed by atoms with E-state index in [2.05, 4.69) is 0 Å². The molecule has 0 fully saturated rings. The van der Waals surface area contributed by atoms with E-state index in [-0.39, 0.29) is 10.8 Å². The van der Waals surface area contributed by atoms with Gasteiger partial charge in [-0.1, -0.05) is 23.7 Å². The fourth-order valence-electron chi connectivity index (χ4n) is 1.74. The molecule has 0 amide bonds. The van der Waals surface area contributed by atoms with Gasteiger partial charge in [-0.3, -0.25) is 4.21 Å². The Morgan fingerprint density at radius 2 is 2.05 bits per heavy atom. The first kappa shape index (κ1) is 14.0. The smallest absolute Gasteiger partial charge is 0.142 e. The van der Waals surface area contributed by atoms with E-state index in [9.17, 15) is 8.60 Å². The number of hydrogen-bond donors (Lipinski definition) is 1. The summed E-state index contributed by atoms with van der Waals surface area (Å²) >= 11 is 5.61. The van der Waals surface area contributed by atoms with Crippen LogP contribution in [-0.4, -0.2) is 4.21 Å². The molecule has 0 saturated carbocycles. The molecule has 0 spiro atoms. The first-order valence-electron chi connectivity index (χ1n) is 5.66. The lowest BCUT2D eigenvalue weighted by atomic mass is 10.2. The summed E-state index contributed by atoms with van der Waals surface area (Å²) in [7, 11) is -1.26. The highest BCUT2D eigenvalue weighted by atomic mass is 35.5. The average Bonchev–Trinajstić information content (AvgIpc) is 2.37. The summed E-state index contributed by atoms with van der Waals surface area (Å²) in [5.74, 6) is -0.265. The van der Waals surface area contributed by atoms with Crippen molar-refractivity contribution in [3.63, 3.8) is 0 Å². The second kappa shape index (κ2) is 5.72. The van der Waals surface area contributed by atoms with Gasteiger partial charge in [-0.2, -0.15) is 0 Å². The Bertz CT molecular complexity index is 645. The summed E-state index contributed by atoms with van der Waals surface area (Å²) in [4.78, 5) is 0.676. The first-order chi connectivity index (χ1) is 8.99. The topological polar surface area (TPSA) is 43.1 Å².